The van der Waals surface area contributed by atoms with E-state index in [1.165, 1.54) is 11.3 Å². The molecular weight excluding hydrogens is 420 g/mol. The smallest absolute Gasteiger partial charge is 0.271 e. The first-order valence-corrected chi connectivity index (χ1v) is 9.94. The summed E-state index contributed by atoms with van der Waals surface area (Å²) in [4.78, 5) is 19.4. The lowest BCUT2D eigenvalue weighted by Gasteiger charge is -2.02. The number of thiophene rings is 2. The highest BCUT2D eigenvalue weighted by Crippen LogP contribution is 2.32. The first-order chi connectivity index (χ1) is 12.1. The fourth-order valence-electron chi connectivity index (χ4n) is 2.56. The van der Waals surface area contributed by atoms with Gasteiger partial charge in [-0.15, -0.1) is 22.7 Å². The first kappa shape index (κ1) is 16.5. The van der Waals surface area contributed by atoms with E-state index in [1.54, 1.807) is 29.3 Å². The van der Waals surface area contributed by atoms with E-state index in [9.17, 15) is 4.79 Å². The standard InChI is InChI=1S/C18H13BrN2O2S2/c1-23-12-4-2-11(3-5-12)15-8-14-17(25-15)18(22)21(10-20-14)9-13-6-7-16(19)24-13/h2-8,10H,9H2,1H3. The van der Waals surface area contributed by atoms with E-state index in [0.717, 1.165) is 30.4 Å². The van der Waals surface area contributed by atoms with Crippen LogP contribution in [0, 0.1) is 0 Å². The molecule has 0 radical (unpaired) electrons. The quantitative estimate of drug-likeness (QED) is 0.455. The fraction of sp³-hybridized carbons (Fsp3) is 0.111. The third-order valence-corrected chi connectivity index (χ3v) is 6.60. The minimum Gasteiger partial charge on any atom is -0.497 e. The molecule has 3 aromatic heterocycles. The van der Waals surface area contributed by atoms with E-state index >= 15 is 0 Å². The number of aromatic nitrogens is 2. The van der Waals surface area contributed by atoms with Crippen LogP contribution < -0.4 is 10.3 Å². The summed E-state index contributed by atoms with van der Waals surface area (Å²) >= 11 is 6.55. The van der Waals surface area contributed by atoms with Crippen LogP contribution in [0.5, 0.6) is 5.75 Å². The highest BCUT2D eigenvalue weighted by molar-refractivity contribution is 9.11. The van der Waals surface area contributed by atoms with Crippen LogP contribution >= 0.6 is 38.6 Å². The Bertz CT molecular complexity index is 1100. The molecule has 0 aliphatic rings. The van der Waals surface area contributed by atoms with Crippen molar-refractivity contribution in [3.63, 3.8) is 0 Å². The monoisotopic (exact) mass is 432 g/mol. The Morgan fingerprint density at radius 1 is 1.16 bits per heavy atom. The molecule has 0 bridgehead atoms. The highest BCUT2D eigenvalue weighted by atomic mass is 79.9. The Morgan fingerprint density at radius 3 is 2.64 bits per heavy atom. The van der Waals surface area contributed by atoms with Crippen molar-refractivity contribution in [1.29, 1.82) is 0 Å². The number of methoxy groups -OCH3 is 1. The van der Waals surface area contributed by atoms with Gasteiger partial charge in [0.2, 0.25) is 0 Å². The molecule has 126 valence electrons. The van der Waals surface area contributed by atoms with Crippen molar-refractivity contribution in [1.82, 2.24) is 9.55 Å². The van der Waals surface area contributed by atoms with E-state index in [4.69, 9.17) is 4.74 Å². The molecule has 4 nitrogen and oxygen atoms in total. The van der Waals surface area contributed by atoms with Crippen molar-refractivity contribution in [2.45, 2.75) is 6.54 Å². The van der Waals surface area contributed by atoms with Gasteiger partial charge in [-0.05, 0) is 64.0 Å². The van der Waals surface area contributed by atoms with Crippen LogP contribution in [0.3, 0.4) is 0 Å². The average Bonchev–Trinajstić information content (AvgIpc) is 3.24. The third-order valence-electron chi connectivity index (χ3n) is 3.83. The van der Waals surface area contributed by atoms with Crippen LogP contribution in [-0.2, 0) is 6.54 Å². The minimum absolute atomic E-state index is 0.000663. The van der Waals surface area contributed by atoms with E-state index in [0.29, 0.717) is 11.2 Å². The van der Waals surface area contributed by atoms with Crippen molar-refractivity contribution in [3.05, 3.63) is 67.8 Å². The average molecular weight is 433 g/mol. The molecule has 0 aliphatic carbocycles. The van der Waals surface area contributed by atoms with Gasteiger partial charge in [0, 0.05) is 9.75 Å². The largest absolute Gasteiger partial charge is 0.497 e. The van der Waals surface area contributed by atoms with Gasteiger partial charge in [-0.2, -0.15) is 0 Å². The van der Waals surface area contributed by atoms with Gasteiger partial charge in [0.1, 0.15) is 10.4 Å². The summed E-state index contributed by atoms with van der Waals surface area (Å²) in [6.45, 7) is 0.536. The maximum absolute atomic E-state index is 12.8. The van der Waals surface area contributed by atoms with Crippen molar-refractivity contribution >= 4 is 48.8 Å². The molecule has 0 aliphatic heterocycles. The van der Waals surface area contributed by atoms with Gasteiger partial charge >= 0.3 is 0 Å². The number of rotatable bonds is 4. The molecule has 0 atom stereocenters. The molecule has 0 amide bonds. The first-order valence-electron chi connectivity index (χ1n) is 7.51. The number of ether oxygens (including phenoxy) is 1. The van der Waals surface area contributed by atoms with E-state index in [1.807, 2.05) is 42.5 Å². The fourth-order valence-corrected chi connectivity index (χ4v) is 5.11. The predicted octanol–water partition coefficient (Wildman–Crippen LogP) is 5.01. The van der Waals surface area contributed by atoms with Gasteiger partial charge in [-0.25, -0.2) is 4.98 Å². The Hall–Kier alpha value is -1.96. The summed E-state index contributed by atoms with van der Waals surface area (Å²) in [6.07, 6.45) is 1.63. The summed E-state index contributed by atoms with van der Waals surface area (Å²) in [6, 6.07) is 13.8. The molecule has 7 heteroatoms. The zero-order chi connectivity index (χ0) is 17.4. The normalized spacial score (nSPS) is 11.1. The second-order valence-corrected chi connectivity index (χ2v) is 9.04. The van der Waals surface area contributed by atoms with E-state index in [2.05, 4.69) is 20.9 Å². The van der Waals surface area contributed by atoms with Gasteiger partial charge in [0.15, 0.2) is 0 Å². The maximum atomic E-state index is 12.8. The molecule has 0 saturated heterocycles. The number of hydrogen-bond acceptors (Lipinski definition) is 5. The third kappa shape index (κ3) is 3.27. The maximum Gasteiger partial charge on any atom is 0.271 e. The van der Waals surface area contributed by atoms with Gasteiger partial charge in [0.25, 0.3) is 5.56 Å². The molecule has 0 spiro atoms. The number of halogens is 1. The minimum atomic E-state index is -0.000663. The van der Waals surface area contributed by atoms with Gasteiger partial charge in [-0.1, -0.05) is 0 Å². The van der Waals surface area contributed by atoms with Crippen LogP contribution in [0.15, 0.2) is 57.4 Å². The van der Waals surface area contributed by atoms with Gasteiger partial charge in [-0.3, -0.25) is 9.36 Å². The summed E-state index contributed by atoms with van der Waals surface area (Å²) in [5.74, 6) is 0.812. The number of nitrogens with zero attached hydrogens (tertiary/aromatic N) is 2. The highest BCUT2D eigenvalue weighted by Gasteiger charge is 2.11. The molecule has 0 N–H and O–H groups in total. The Labute approximate surface area is 160 Å². The van der Waals surface area contributed by atoms with Crippen molar-refractivity contribution in [3.8, 4) is 16.2 Å². The lowest BCUT2D eigenvalue weighted by molar-refractivity contribution is 0.415. The number of benzene rings is 1. The number of fused-ring (bicyclic) bond motifs is 1. The predicted molar refractivity (Wildman–Crippen MR) is 107 cm³/mol. The molecule has 25 heavy (non-hydrogen) atoms. The SMILES string of the molecule is COc1ccc(-c2cc3ncn(Cc4ccc(Br)s4)c(=O)c3s2)cc1. The Balaban J connectivity index is 1.72. The molecular formula is C18H13BrN2O2S2. The summed E-state index contributed by atoms with van der Waals surface area (Å²) < 4.78 is 8.60. The van der Waals surface area contributed by atoms with E-state index in [-0.39, 0.29) is 5.56 Å². The Kier molecular flexibility index (Phi) is 4.45. The van der Waals surface area contributed by atoms with Crippen LogP contribution in [0.4, 0.5) is 0 Å². The van der Waals surface area contributed by atoms with Crippen LogP contribution in [0.25, 0.3) is 20.7 Å². The lowest BCUT2D eigenvalue weighted by atomic mass is 10.2. The van der Waals surface area contributed by atoms with Crippen molar-refractivity contribution in [2.24, 2.45) is 0 Å². The number of hydrogen-bond donors (Lipinski definition) is 0. The zero-order valence-electron chi connectivity index (χ0n) is 13.2. The van der Waals surface area contributed by atoms with E-state index < -0.39 is 0 Å². The second-order valence-electron chi connectivity index (χ2n) is 5.44. The van der Waals surface area contributed by atoms with Gasteiger partial charge in [0.05, 0.1) is 29.3 Å². The van der Waals surface area contributed by atoms with Crippen molar-refractivity contribution in [2.75, 3.05) is 7.11 Å². The summed E-state index contributed by atoms with van der Waals surface area (Å²) in [5.41, 5.74) is 1.79. The van der Waals surface area contributed by atoms with Gasteiger partial charge < -0.3 is 4.74 Å². The van der Waals surface area contributed by atoms with Crippen LogP contribution in [-0.4, -0.2) is 16.7 Å². The van der Waals surface area contributed by atoms with Crippen LogP contribution in [0.1, 0.15) is 4.88 Å². The lowest BCUT2D eigenvalue weighted by Crippen LogP contribution is -2.19. The molecule has 0 unspecified atom stereocenters. The Morgan fingerprint density at radius 2 is 1.96 bits per heavy atom. The second kappa shape index (κ2) is 6.74. The zero-order valence-corrected chi connectivity index (χ0v) is 16.5. The molecule has 1 aromatic carbocycles. The van der Waals surface area contributed by atoms with Crippen LogP contribution in [0.2, 0.25) is 0 Å². The summed E-state index contributed by atoms with van der Waals surface area (Å²) in [7, 11) is 1.65. The molecule has 4 rings (SSSR count). The topological polar surface area (TPSA) is 44.1 Å². The molecule has 0 fully saturated rings. The molecule has 0 saturated carbocycles. The van der Waals surface area contributed by atoms with Crippen molar-refractivity contribution < 1.29 is 4.74 Å². The molecule has 4 aromatic rings. The summed E-state index contributed by atoms with van der Waals surface area (Å²) in [5, 5.41) is 0. The molecule has 3 heterocycles.